The molecule has 0 aliphatic heterocycles. The number of hydrogen-bond donors (Lipinski definition) is 0. The van der Waals surface area contributed by atoms with Crippen LogP contribution in [0.1, 0.15) is 29.7 Å². The summed E-state index contributed by atoms with van der Waals surface area (Å²) in [4.78, 5) is 3.90. The van der Waals surface area contributed by atoms with E-state index in [1.54, 1.807) is 9.25 Å². The molecule has 6 nitrogen and oxygen atoms in total. The maximum absolute atomic E-state index is 9.08. The van der Waals surface area contributed by atoms with Crippen LogP contribution in [-0.2, 0) is 13.1 Å². The number of aryl methyl sites for hydroxylation is 2. The smallest absolute Gasteiger partial charge is 0.176 e. The molecule has 0 saturated carbocycles. The molecule has 0 unspecified atom stereocenters. The van der Waals surface area contributed by atoms with Gasteiger partial charge in [0.2, 0.25) is 0 Å². The molecule has 0 aliphatic carbocycles. The number of nitriles is 2. The first-order chi connectivity index (χ1) is 9.12. The van der Waals surface area contributed by atoms with E-state index in [9.17, 15) is 0 Å². The summed E-state index contributed by atoms with van der Waals surface area (Å²) in [5, 5.41) is 22.8. The lowest BCUT2D eigenvalue weighted by molar-refractivity contribution is 0.595. The van der Waals surface area contributed by atoms with Gasteiger partial charge in [-0.1, -0.05) is 11.6 Å². The summed E-state index contributed by atoms with van der Waals surface area (Å²) in [6.45, 7) is 4.85. The molecule has 2 aromatic heterocycles. The predicted molar refractivity (Wildman–Crippen MR) is 68.4 cm³/mol. The highest BCUT2D eigenvalue weighted by atomic mass is 35.5. The van der Waals surface area contributed by atoms with Crippen molar-refractivity contribution in [2.24, 2.45) is 0 Å². The maximum atomic E-state index is 9.08. The Balaban J connectivity index is 2.46. The number of rotatable bonds is 3. The third-order valence-electron chi connectivity index (χ3n) is 2.82. The van der Waals surface area contributed by atoms with Crippen molar-refractivity contribution in [1.29, 1.82) is 10.5 Å². The number of aromatic nitrogens is 4. The molecule has 0 fully saturated rings. The third-order valence-corrected chi connectivity index (χ3v) is 3.31. The molecule has 2 aromatic rings. The van der Waals surface area contributed by atoms with Gasteiger partial charge in [-0.15, -0.1) is 0 Å². The average Bonchev–Trinajstić information content (AvgIpc) is 2.94. The van der Waals surface area contributed by atoms with Crippen LogP contribution >= 0.6 is 11.6 Å². The second-order valence-electron chi connectivity index (χ2n) is 3.96. The molecule has 0 bridgehead atoms. The molecular weight excluding hydrogens is 264 g/mol. The zero-order valence-corrected chi connectivity index (χ0v) is 11.3. The summed E-state index contributed by atoms with van der Waals surface area (Å²) in [5.74, 6) is 0. The van der Waals surface area contributed by atoms with Gasteiger partial charge in [-0.2, -0.15) is 15.6 Å². The first kappa shape index (κ1) is 13.1. The summed E-state index contributed by atoms with van der Waals surface area (Å²) < 4.78 is 3.39. The van der Waals surface area contributed by atoms with E-state index in [-0.39, 0.29) is 11.4 Å². The van der Waals surface area contributed by atoms with Gasteiger partial charge in [-0.3, -0.25) is 4.68 Å². The normalized spacial score (nSPS) is 10.2. The van der Waals surface area contributed by atoms with Crippen LogP contribution in [0.3, 0.4) is 0 Å². The standard InChI is InChI=1S/C12H11ClN6/c1-3-19-11(12(13)8(2)17-19)6-18-7-16-9(4-14)10(18)5-15/h7H,3,6H2,1-2H3. The second kappa shape index (κ2) is 5.13. The fraction of sp³-hybridized carbons (Fsp3) is 0.333. The van der Waals surface area contributed by atoms with Crippen LogP contribution in [0, 0.1) is 29.6 Å². The molecule has 0 spiro atoms. The van der Waals surface area contributed by atoms with Crippen molar-refractivity contribution in [3.63, 3.8) is 0 Å². The largest absolute Gasteiger partial charge is 0.315 e. The fourth-order valence-corrected chi connectivity index (χ4v) is 2.08. The highest BCUT2D eigenvalue weighted by Gasteiger charge is 2.16. The summed E-state index contributed by atoms with van der Waals surface area (Å²) >= 11 is 6.21. The maximum Gasteiger partial charge on any atom is 0.176 e. The van der Waals surface area contributed by atoms with Crippen LogP contribution < -0.4 is 0 Å². The van der Waals surface area contributed by atoms with Crippen LogP contribution in [0.5, 0.6) is 0 Å². The molecule has 7 heteroatoms. The van der Waals surface area contributed by atoms with Crippen LogP contribution in [0.25, 0.3) is 0 Å². The lowest BCUT2D eigenvalue weighted by Crippen LogP contribution is -2.09. The van der Waals surface area contributed by atoms with E-state index in [1.807, 2.05) is 26.0 Å². The molecular formula is C12H11ClN6. The first-order valence-corrected chi connectivity index (χ1v) is 6.07. The SMILES string of the molecule is CCn1nc(C)c(Cl)c1Cn1cnc(C#N)c1C#N. The van der Waals surface area contributed by atoms with Crippen molar-refractivity contribution >= 4 is 11.6 Å². The van der Waals surface area contributed by atoms with Gasteiger partial charge in [0.25, 0.3) is 0 Å². The molecule has 0 N–H and O–H groups in total. The molecule has 2 rings (SSSR count). The number of imidazole rings is 1. The van der Waals surface area contributed by atoms with E-state index in [0.29, 0.717) is 18.1 Å². The van der Waals surface area contributed by atoms with Crippen molar-refractivity contribution in [2.75, 3.05) is 0 Å². The van der Waals surface area contributed by atoms with Gasteiger partial charge in [0, 0.05) is 6.54 Å². The van der Waals surface area contributed by atoms with Crippen LogP contribution in [-0.4, -0.2) is 19.3 Å². The number of halogens is 1. The predicted octanol–water partition coefficient (Wildman–Crippen LogP) is 1.85. The van der Waals surface area contributed by atoms with Gasteiger partial charge in [0.1, 0.15) is 12.1 Å². The van der Waals surface area contributed by atoms with Gasteiger partial charge >= 0.3 is 0 Å². The summed E-state index contributed by atoms with van der Waals surface area (Å²) in [6, 6.07) is 3.88. The summed E-state index contributed by atoms with van der Waals surface area (Å²) in [7, 11) is 0. The summed E-state index contributed by atoms with van der Waals surface area (Å²) in [6.07, 6.45) is 1.47. The van der Waals surface area contributed by atoms with E-state index >= 15 is 0 Å². The lowest BCUT2D eigenvalue weighted by atomic mass is 10.3. The van der Waals surface area contributed by atoms with Crippen molar-refractivity contribution < 1.29 is 0 Å². The zero-order chi connectivity index (χ0) is 14.0. The monoisotopic (exact) mass is 274 g/mol. The molecule has 19 heavy (non-hydrogen) atoms. The van der Waals surface area contributed by atoms with Gasteiger partial charge in [0.15, 0.2) is 11.4 Å². The van der Waals surface area contributed by atoms with E-state index in [1.165, 1.54) is 6.33 Å². The van der Waals surface area contributed by atoms with Gasteiger partial charge in [-0.05, 0) is 13.8 Å². The minimum atomic E-state index is 0.123. The van der Waals surface area contributed by atoms with Gasteiger partial charge < -0.3 is 4.57 Å². The topological polar surface area (TPSA) is 83.2 Å². The van der Waals surface area contributed by atoms with E-state index in [2.05, 4.69) is 10.1 Å². The van der Waals surface area contributed by atoms with Crippen molar-refractivity contribution in [3.05, 3.63) is 34.1 Å². The van der Waals surface area contributed by atoms with Crippen LogP contribution in [0.15, 0.2) is 6.33 Å². The molecule has 0 radical (unpaired) electrons. The van der Waals surface area contributed by atoms with Crippen molar-refractivity contribution in [3.8, 4) is 12.1 Å². The zero-order valence-electron chi connectivity index (χ0n) is 10.6. The molecule has 0 saturated heterocycles. The Labute approximate surface area is 115 Å². The quantitative estimate of drug-likeness (QED) is 0.855. The summed E-state index contributed by atoms with van der Waals surface area (Å²) in [5.41, 5.74) is 1.91. The molecule has 0 aromatic carbocycles. The van der Waals surface area contributed by atoms with E-state index < -0.39 is 0 Å². The third kappa shape index (κ3) is 2.18. The molecule has 0 atom stereocenters. The fourth-order valence-electron chi connectivity index (χ4n) is 1.88. The van der Waals surface area contributed by atoms with Crippen molar-refractivity contribution in [1.82, 2.24) is 19.3 Å². The Hall–Kier alpha value is -2.31. The van der Waals surface area contributed by atoms with Gasteiger partial charge in [-0.25, -0.2) is 4.98 Å². The highest BCUT2D eigenvalue weighted by molar-refractivity contribution is 6.31. The minimum absolute atomic E-state index is 0.123. The Kier molecular flexibility index (Phi) is 3.55. The molecule has 0 aliphatic rings. The van der Waals surface area contributed by atoms with Crippen LogP contribution in [0.4, 0.5) is 0 Å². The van der Waals surface area contributed by atoms with Gasteiger partial charge in [0.05, 0.1) is 29.3 Å². The Morgan fingerprint density at radius 3 is 2.68 bits per heavy atom. The number of nitrogens with zero attached hydrogens (tertiary/aromatic N) is 6. The molecule has 0 amide bonds. The minimum Gasteiger partial charge on any atom is -0.315 e. The first-order valence-electron chi connectivity index (χ1n) is 5.69. The van der Waals surface area contributed by atoms with E-state index in [4.69, 9.17) is 22.1 Å². The molecule has 2 heterocycles. The van der Waals surface area contributed by atoms with Crippen molar-refractivity contribution in [2.45, 2.75) is 26.9 Å². The lowest BCUT2D eigenvalue weighted by Gasteiger charge is -2.07. The van der Waals surface area contributed by atoms with Crippen LogP contribution in [0.2, 0.25) is 5.02 Å². The Morgan fingerprint density at radius 2 is 2.11 bits per heavy atom. The number of hydrogen-bond acceptors (Lipinski definition) is 4. The highest BCUT2D eigenvalue weighted by Crippen LogP contribution is 2.22. The van der Waals surface area contributed by atoms with E-state index in [0.717, 1.165) is 11.4 Å². The average molecular weight is 275 g/mol. The molecule has 96 valence electrons. The Bertz CT molecular complexity index is 697. The Morgan fingerprint density at radius 1 is 1.37 bits per heavy atom. The second-order valence-corrected chi connectivity index (χ2v) is 4.33.